The number of phenolic OH excluding ortho intramolecular Hbond substituents is 1. The number of fused-ring (bicyclic) bond motifs is 1. The van der Waals surface area contributed by atoms with Gasteiger partial charge in [0.15, 0.2) is 0 Å². The number of nitrogens with one attached hydrogen (secondary N) is 1. The van der Waals surface area contributed by atoms with Crippen LogP contribution in [0.15, 0.2) is 27.4 Å². The smallest absolute Gasteiger partial charge is 0.336 e. The Morgan fingerprint density at radius 2 is 1.74 bits per heavy atom. The molecule has 1 aromatic carbocycles. The van der Waals surface area contributed by atoms with Crippen molar-refractivity contribution < 1.29 is 14.4 Å². The van der Waals surface area contributed by atoms with Crippen molar-refractivity contribution in [2.75, 3.05) is 13.1 Å². The van der Waals surface area contributed by atoms with E-state index in [1.54, 1.807) is 19.1 Å². The van der Waals surface area contributed by atoms with Gasteiger partial charge in [0.1, 0.15) is 17.9 Å². The van der Waals surface area contributed by atoms with Gasteiger partial charge in [-0.25, -0.2) is 4.79 Å². The summed E-state index contributed by atoms with van der Waals surface area (Å²) >= 11 is 0. The molecule has 0 aliphatic carbocycles. The van der Waals surface area contributed by atoms with E-state index in [9.17, 15) is 9.90 Å². The Morgan fingerprint density at radius 3 is 2.30 bits per heavy atom. The molecule has 0 radical (unpaired) electrons. The van der Waals surface area contributed by atoms with Crippen LogP contribution in [0, 0.1) is 18.8 Å². The normalized spacial score (nSPS) is 12.0. The molecule has 2 rings (SSSR count). The third-order valence-corrected chi connectivity index (χ3v) is 4.05. The van der Waals surface area contributed by atoms with Gasteiger partial charge in [-0.05, 0) is 19.1 Å². The van der Waals surface area contributed by atoms with Crippen molar-refractivity contribution in [2.45, 2.75) is 41.2 Å². The monoisotopic (exact) mass is 318 g/mol. The van der Waals surface area contributed by atoms with Crippen LogP contribution in [0.3, 0.4) is 0 Å². The minimum Gasteiger partial charge on any atom is -0.508 e. The molecule has 0 saturated carbocycles. The average molecular weight is 318 g/mol. The number of phenols is 1. The lowest BCUT2D eigenvalue weighted by atomic mass is 10.0. The highest BCUT2D eigenvalue weighted by Crippen LogP contribution is 2.27. The first kappa shape index (κ1) is 17.5. The van der Waals surface area contributed by atoms with E-state index >= 15 is 0 Å². The molecule has 2 aromatic rings. The average Bonchev–Trinajstić information content (AvgIpc) is 2.41. The Bertz CT molecular complexity index is 721. The standard InChI is InChI=1S/C19H27NO3/c1-12(2)9-20(10-13(3)4)11-15-8-18(22)23-19-14(5)17(21)7-6-16(15)19/h6-8,12-13,21H,9-11H2,1-5H3/p+1. The summed E-state index contributed by atoms with van der Waals surface area (Å²) in [6, 6.07) is 5.11. The molecule has 1 heterocycles. The van der Waals surface area contributed by atoms with Crippen LogP contribution in [0.4, 0.5) is 0 Å². The van der Waals surface area contributed by atoms with E-state index in [-0.39, 0.29) is 11.4 Å². The number of aryl methyl sites for hydroxylation is 1. The van der Waals surface area contributed by atoms with E-state index in [0.717, 1.165) is 30.6 Å². The van der Waals surface area contributed by atoms with Crippen molar-refractivity contribution in [3.63, 3.8) is 0 Å². The van der Waals surface area contributed by atoms with Gasteiger partial charge in [-0.2, -0.15) is 0 Å². The van der Waals surface area contributed by atoms with Crippen LogP contribution in [0.2, 0.25) is 0 Å². The summed E-state index contributed by atoms with van der Waals surface area (Å²) in [6.07, 6.45) is 0. The van der Waals surface area contributed by atoms with Crippen molar-refractivity contribution >= 4 is 11.0 Å². The summed E-state index contributed by atoms with van der Waals surface area (Å²) in [5.74, 6) is 1.35. The molecule has 0 atom stereocenters. The fourth-order valence-electron chi connectivity index (χ4n) is 3.21. The number of rotatable bonds is 6. The molecule has 23 heavy (non-hydrogen) atoms. The zero-order chi connectivity index (χ0) is 17.1. The molecule has 0 aliphatic heterocycles. The summed E-state index contributed by atoms with van der Waals surface area (Å²) in [6.45, 7) is 13.6. The summed E-state index contributed by atoms with van der Waals surface area (Å²) in [5, 5.41) is 10.8. The summed E-state index contributed by atoms with van der Waals surface area (Å²) in [7, 11) is 0. The topological polar surface area (TPSA) is 54.9 Å². The molecular formula is C19H28NO3+. The van der Waals surface area contributed by atoms with Gasteiger partial charge in [-0.15, -0.1) is 0 Å². The maximum Gasteiger partial charge on any atom is 0.336 e. The first-order chi connectivity index (χ1) is 10.8. The molecule has 0 spiro atoms. The summed E-state index contributed by atoms with van der Waals surface area (Å²) in [5.41, 5.74) is 1.77. The molecule has 0 fully saturated rings. The second kappa shape index (κ2) is 7.18. The fraction of sp³-hybridized carbons (Fsp3) is 0.526. The van der Waals surface area contributed by atoms with Crippen molar-refractivity contribution in [1.82, 2.24) is 0 Å². The number of benzene rings is 1. The zero-order valence-electron chi connectivity index (χ0n) is 14.8. The first-order valence-corrected chi connectivity index (χ1v) is 8.36. The van der Waals surface area contributed by atoms with Crippen LogP contribution in [0.1, 0.15) is 38.8 Å². The largest absolute Gasteiger partial charge is 0.508 e. The highest BCUT2D eigenvalue weighted by molar-refractivity contribution is 5.84. The van der Waals surface area contributed by atoms with Crippen LogP contribution in [0.5, 0.6) is 5.75 Å². The van der Waals surface area contributed by atoms with E-state index in [0.29, 0.717) is 23.0 Å². The lowest BCUT2D eigenvalue weighted by Crippen LogP contribution is -3.11. The zero-order valence-corrected chi connectivity index (χ0v) is 14.8. The van der Waals surface area contributed by atoms with Crippen LogP contribution >= 0.6 is 0 Å². The van der Waals surface area contributed by atoms with Gasteiger partial charge in [-0.1, -0.05) is 27.7 Å². The Morgan fingerprint density at radius 1 is 1.13 bits per heavy atom. The van der Waals surface area contributed by atoms with Gasteiger partial charge in [0.25, 0.3) is 0 Å². The Kier molecular flexibility index (Phi) is 5.47. The van der Waals surface area contributed by atoms with E-state index in [1.165, 1.54) is 4.90 Å². The number of hydrogen-bond acceptors (Lipinski definition) is 3. The van der Waals surface area contributed by atoms with Crippen molar-refractivity contribution in [1.29, 1.82) is 0 Å². The van der Waals surface area contributed by atoms with Crippen LogP contribution in [0.25, 0.3) is 11.0 Å². The molecule has 4 nitrogen and oxygen atoms in total. The van der Waals surface area contributed by atoms with E-state index < -0.39 is 0 Å². The lowest BCUT2D eigenvalue weighted by Gasteiger charge is -2.23. The van der Waals surface area contributed by atoms with E-state index in [4.69, 9.17) is 4.42 Å². The van der Waals surface area contributed by atoms with Gasteiger partial charge in [0.05, 0.1) is 13.1 Å². The molecule has 0 saturated heterocycles. The predicted octanol–water partition coefficient (Wildman–Crippen LogP) is 2.50. The minimum absolute atomic E-state index is 0.159. The Labute approximate surface area is 137 Å². The summed E-state index contributed by atoms with van der Waals surface area (Å²) < 4.78 is 5.33. The third kappa shape index (κ3) is 4.35. The highest BCUT2D eigenvalue weighted by atomic mass is 16.4. The molecule has 0 bridgehead atoms. The molecule has 1 aromatic heterocycles. The number of hydrogen-bond donors (Lipinski definition) is 2. The van der Waals surface area contributed by atoms with Crippen molar-refractivity contribution in [3.8, 4) is 5.75 Å². The van der Waals surface area contributed by atoms with Crippen LogP contribution < -0.4 is 10.5 Å². The van der Waals surface area contributed by atoms with Crippen molar-refractivity contribution in [2.24, 2.45) is 11.8 Å². The van der Waals surface area contributed by atoms with Crippen LogP contribution in [-0.4, -0.2) is 18.2 Å². The molecule has 0 unspecified atom stereocenters. The predicted molar refractivity (Wildman–Crippen MR) is 93.0 cm³/mol. The second-order valence-corrected chi connectivity index (χ2v) is 7.30. The molecular weight excluding hydrogens is 290 g/mol. The molecule has 0 aliphatic rings. The molecule has 126 valence electrons. The second-order valence-electron chi connectivity index (χ2n) is 7.30. The van der Waals surface area contributed by atoms with Gasteiger partial charge in [0.2, 0.25) is 0 Å². The molecule has 4 heteroatoms. The summed E-state index contributed by atoms with van der Waals surface area (Å²) in [4.78, 5) is 13.4. The SMILES string of the molecule is Cc1c(O)ccc2c(C[NH+](CC(C)C)CC(C)C)cc(=O)oc12. The maximum atomic E-state index is 11.9. The van der Waals surface area contributed by atoms with Gasteiger partial charge in [-0.3, -0.25) is 0 Å². The number of quaternary nitrogens is 1. The van der Waals surface area contributed by atoms with Crippen LogP contribution in [-0.2, 0) is 6.54 Å². The maximum absolute atomic E-state index is 11.9. The van der Waals surface area contributed by atoms with Gasteiger partial charge >= 0.3 is 5.63 Å². The Balaban J connectivity index is 2.45. The van der Waals surface area contributed by atoms with E-state index in [2.05, 4.69) is 27.7 Å². The highest BCUT2D eigenvalue weighted by Gasteiger charge is 2.18. The molecule has 0 amide bonds. The third-order valence-electron chi connectivity index (χ3n) is 4.05. The quantitative estimate of drug-likeness (QED) is 0.805. The van der Waals surface area contributed by atoms with Gasteiger partial charge in [0, 0.05) is 34.4 Å². The fourth-order valence-corrected chi connectivity index (χ4v) is 3.21. The molecule has 2 N–H and O–H groups in total. The number of aromatic hydroxyl groups is 1. The minimum atomic E-state index is -0.352. The van der Waals surface area contributed by atoms with Crippen molar-refractivity contribution in [3.05, 3.63) is 39.7 Å². The van der Waals surface area contributed by atoms with E-state index in [1.807, 2.05) is 6.07 Å². The lowest BCUT2D eigenvalue weighted by molar-refractivity contribution is -0.919. The first-order valence-electron chi connectivity index (χ1n) is 8.36. The van der Waals surface area contributed by atoms with Gasteiger partial charge < -0.3 is 14.4 Å². The Hall–Kier alpha value is -1.81.